The molecule has 0 aliphatic carbocycles. The number of nitrogens with zero attached hydrogens (tertiary/aromatic N) is 2. The molecule has 2 rings (SSSR count). The first-order valence-electron chi connectivity index (χ1n) is 7.73. The topological polar surface area (TPSA) is 61.9 Å². The van der Waals surface area contributed by atoms with Crippen molar-refractivity contribution in [3.8, 4) is 0 Å². The number of methoxy groups -OCH3 is 1. The molecule has 8 heteroatoms. The van der Waals surface area contributed by atoms with Gasteiger partial charge >= 0.3 is 0 Å². The Bertz CT molecular complexity index is 590. The molecule has 0 spiro atoms. The van der Waals surface area contributed by atoms with Crippen LogP contribution < -0.4 is 5.32 Å². The van der Waals surface area contributed by atoms with Crippen LogP contribution in [0.25, 0.3) is 0 Å². The maximum absolute atomic E-state index is 13.7. The molecule has 1 aliphatic rings. The van der Waals surface area contributed by atoms with E-state index in [-0.39, 0.29) is 18.0 Å². The van der Waals surface area contributed by atoms with Crippen LogP contribution in [-0.4, -0.2) is 74.6 Å². The van der Waals surface area contributed by atoms with Gasteiger partial charge < -0.3 is 15.0 Å². The summed E-state index contributed by atoms with van der Waals surface area (Å²) in [4.78, 5) is 27.4. The third-order valence-corrected chi connectivity index (χ3v) is 3.82. The minimum atomic E-state index is -0.861. The van der Waals surface area contributed by atoms with Crippen molar-refractivity contribution in [3.05, 3.63) is 35.4 Å². The Morgan fingerprint density at radius 1 is 1.21 bits per heavy atom. The first-order valence-corrected chi connectivity index (χ1v) is 7.73. The Labute approximate surface area is 139 Å². The zero-order chi connectivity index (χ0) is 17.5. The van der Waals surface area contributed by atoms with Crippen molar-refractivity contribution >= 4 is 11.8 Å². The molecule has 1 N–H and O–H groups in total. The highest BCUT2D eigenvalue weighted by Crippen LogP contribution is 2.14. The van der Waals surface area contributed by atoms with E-state index in [4.69, 9.17) is 4.74 Å². The van der Waals surface area contributed by atoms with Crippen molar-refractivity contribution in [2.45, 2.75) is 0 Å². The van der Waals surface area contributed by atoms with E-state index in [1.807, 2.05) is 4.90 Å². The molecule has 1 fully saturated rings. The van der Waals surface area contributed by atoms with Gasteiger partial charge in [-0.2, -0.15) is 0 Å². The Kier molecular flexibility index (Phi) is 6.62. The average Bonchev–Trinajstić information content (AvgIpc) is 2.55. The summed E-state index contributed by atoms with van der Waals surface area (Å²) in [6.07, 6.45) is 0. The van der Waals surface area contributed by atoms with Crippen LogP contribution in [0.3, 0.4) is 0 Å². The summed E-state index contributed by atoms with van der Waals surface area (Å²) in [6.45, 7) is 2.98. The predicted molar refractivity (Wildman–Crippen MR) is 83.6 cm³/mol. The highest BCUT2D eigenvalue weighted by molar-refractivity contribution is 5.94. The van der Waals surface area contributed by atoms with Crippen LogP contribution in [0.1, 0.15) is 10.4 Å². The number of rotatable bonds is 6. The molecule has 1 heterocycles. The quantitative estimate of drug-likeness (QED) is 0.765. The molecule has 0 aromatic heterocycles. The lowest BCUT2D eigenvalue weighted by Gasteiger charge is -2.34. The maximum Gasteiger partial charge on any atom is 0.256 e. The van der Waals surface area contributed by atoms with Gasteiger partial charge in [0.15, 0.2) is 0 Å². The minimum absolute atomic E-state index is 0.101. The lowest BCUT2D eigenvalue weighted by Crippen LogP contribution is -2.51. The second-order valence-electron chi connectivity index (χ2n) is 5.54. The van der Waals surface area contributed by atoms with Gasteiger partial charge in [0, 0.05) is 45.9 Å². The first kappa shape index (κ1) is 18.3. The van der Waals surface area contributed by atoms with Crippen molar-refractivity contribution in [2.75, 3.05) is 53.0 Å². The summed E-state index contributed by atoms with van der Waals surface area (Å²) in [5.74, 6) is -2.14. The Morgan fingerprint density at radius 3 is 2.54 bits per heavy atom. The Balaban J connectivity index is 1.81. The summed E-state index contributed by atoms with van der Waals surface area (Å²) in [7, 11) is 1.56. The molecule has 1 aliphatic heterocycles. The van der Waals surface area contributed by atoms with E-state index < -0.39 is 17.5 Å². The van der Waals surface area contributed by atoms with Gasteiger partial charge in [-0.1, -0.05) is 0 Å². The third-order valence-electron chi connectivity index (χ3n) is 3.82. The van der Waals surface area contributed by atoms with Gasteiger partial charge in [-0.15, -0.1) is 0 Å². The van der Waals surface area contributed by atoms with E-state index >= 15 is 0 Å². The second-order valence-corrected chi connectivity index (χ2v) is 5.54. The summed E-state index contributed by atoms with van der Waals surface area (Å²) >= 11 is 0. The lowest BCUT2D eigenvalue weighted by molar-refractivity contribution is -0.122. The smallest absolute Gasteiger partial charge is 0.256 e. The van der Waals surface area contributed by atoms with Gasteiger partial charge in [-0.25, -0.2) is 8.78 Å². The van der Waals surface area contributed by atoms with Gasteiger partial charge in [-0.3, -0.25) is 14.5 Å². The summed E-state index contributed by atoms with van der Waals surface area (Å²) < 4.78 is 31.5. The standard InChI is InChI=1S/C16H21F2N3O3/c1-24-9-4-19-15(22)11-20-5-7-21(8-6-20)16(23)13-3-2-12(17)10-14(13)18/h2-3,10H,4-9,11H2,1H3,(H,19,22). The third kappa shape index (κ3) is 4.97. The van der Waals surface area contributed by atoms with Crippen LogP contribution in [0.15, 0.2) is 18.2 Å². The van der Waals surface area contributed by atoms with Crippen molar-refractivity contribution < 1.29 is 23.1 Å². The van der Waals surface area contributed by atoms with Crippen LogP contribution >= 0.6 is 0 Å². The van der Waals surface area contributed by atoms with Crippen LogP contribution in [0.5, 0.6) is 0 Å². The fraction of sp³-hybridized carbons (Fsp3) is 0.500. The van der Waals surface area contributed by atoms with Gasteiger partial charge in [0.05, 0.1) is 18.7 Å². The molecule has 0 radical (unpaired) electrons. The van der Waals surface area contributed by atoms with Crippen molar-refractivity contribution in [1.82, 2.24) is 15.1 Å². The number of hydrogen-bond donors (Lipinski definition) is 1. The predicted octanol–water partition coefficient (Wildman–Crippen LogP) is 0.485. The van der Waals surface area contributed by atoms with Gasteiger partial charge in [0.2, 0.25) is 5.91 Å². The fourth-order valence-electron chi connectivity index (χ4n) is 2.49. The molecule has 6 nitrogen and oxygen atoms in total. The molecule has 1 aromatic carbocycles. The lowest BCUT2D eigenvalue weighted by atomic mass is 10.1. The molecule has 0 saturated carbocycles. The number of ether oxygens (including phenoxy) is 1. The monoisotopic (exact) mass is 341 g/mol. The minimum Gasteiger partial charge on any atom is -0.383 e. The van der Waals surface area contributed by atoms with Crippen molar-refractivity contribution in [2.24, 2.45) is 0 Å². The Hall–Kier alpha value is -2.06. The van der Waals surface area contributed by atoms with Crippen LogP contribution in [0.4, 0.5) is 8.78 Å². The molecular formula is C16H21F2N3O3. The van der Waals surface area contributed by atoms with E-state index in [2.05, 4.69) is 5.32 Å². The molecule has 1 aromatic rings. The molecule has 2 amide bonds. The highest BCUT2D eigenvalue weighted by atomic mass is 19.1. The molecular weight excluding hydrogens is 320 g/mol. The Morgan fingerprint density at radius 2 is 1.92 bits per heavy atom. The summed E-state index contributed by atoms with van der Waals surface area (Å²) in [5, 5.41) is 2.73. The van der Waals surface area contributed by atoms with Crippen molar-refractivity contribution in [3.63, 3.8) is 0 Å². The molecule has 1 saturated heterocycles. The van der Waals surface area contributed by atoms with E-state index in [1.165, 1.54) is 4.90 Å². The second kappa shape index (κ2) is 8.70. The molecule has 0 bridgehead atoms. The fourth-order valence-corrected chi connectivity index (χ4v) is 2.49. The number of benzene rings is 1. The number of carbonyl (C=O) groups excluding carboxylic acids is 2. The zero-order valence-corrected chi connectivity index (χ0v) is 13.6. The summed E-state index contributed by atoms with van der Waals surface area (Å²) in [6, 6.07) is 2.92. The van der Waals surface area contributed by atoms with Crippen LogP contribution in [0, 0.1) is 11.6 Å². The van der Waals surface area contributed by atoms with Gasteiger partial charge in [-0.05, 0) is 12.1 Å². The maximum atomic E-state index is 13.7. The number of amides is 2. The van der Waals surface area contributed by atoms with Crippen LogP contribution in [0.2, 0.25) is 0 Å². The highest BCUT2D eigenvalue weighted by Gasteiger charge is 2.25. The number of piperazine rings is 1. The SMILES string of the molecule is COCCNC(=O)CN1CCN(C(=O)c2ccc(F)cc2F)CC1. The van der Waals surface area contributed by atoms with Gasteiger partial charge in [0.1, 0.15) is 11.6 Å². The molecule has 132 valence electrons. The number of nitrogens with one attached hydrogen (secondary N) is 1. The van der Waals surface area contributed by atoms with Crippen LogP contribution in [-0.2, 0) is 9.53 Å². The largest absolute Gasteiger partial charge is 0.383 e. The van der Waals surface area contributed by atoms with E-state index in [9.17, 15) is 18.4 Å². The molecule has 24 heavy (non-hydrogen) atoms. The molecule has 0 atom stereocenters. The van der Waals surface area contributed by atoms with E-state index in [1.54, 1.807) is 7.11 Å². The average molecular weight is 341 g/mol. The number of halogens is 2. The zero-order valence-electron chi connectivity index (χ0n) is 13.6. The first-order chi connectivity index (χ1) is 11.5. The summed E-state index contributed by atoms with van der Waals surface area (Å²) in [5.41, 5.74) is -0.137. The van der Waals surface area contributed by atoms with E-state index in [0.717, 1.165) is 12.1 Å². The van der Waals surface area contributed by atoms with Crippen molar-refractivity contribution in [1.29, 1.82) is 0 Å². The number of hydrogen-bond acceptors (Lipinski definition) is 4. The van der Waals surface area contributed by atoms with E-state index in [0.29, 0.717) is 45.4 Å². The molecule has 0 unspecified atom stereocenters. The van der Waals surface area contributed by atoms with Gasteiger partial charge in [0.25, 0.3) is 5.91 Å². The normalized spacial score (nSPS) is 15.4. The number of carbonyl (C=O) groups is 2.